The van der Waals surface area contributed by atoms with Gasteiger partial charge in [-0.2, -0.15) is 0 Å². The molecule has 1 fully saturated rings. The summed E-state index contributed by atoms with van der Waals surface area (Å²) in [7, 11) is 0. The zero-order valence-electron chi connectivity index (χ0n) is 13.5. The number of β-amino-alcohol motifs (C(OH)–C–C–N with tert-alkyl or cyclic N) is 1. The van der Waals surface area contributed by atoms with Crippen LogP contribution in [0.25, 0.3) is 0 Å². The van der Waals surface area contributed by atoms with Gasteiger partial charge in [0.05, 0.1) is 12.7 Å². The van der Waals surface area contributed by atoms with E-state index in [4.69, 9.17) is 16.3 Å². The smallest absolute Gasteiger partial charge is 0.120 e. The van der Waals surface area contributed by atoms with E-state index >= 15 is 0 Å². The van der Waals surface area contributed by atoms with Gasteiger partial charge in [-0.1, -0.05) is 17.7 Å². The maximum absolute atomic E-state index is 9.51. The third-order valence-electron chi connectivity index (χ3n) is 4.03. The molecule has 1 aliphatic rings. The fourth-order valence-electron chi connectivity index (χ4n) is 2.92. The van der Waals surface area contributed by atoms with Gasteiger partial charge in [-0.05, 0) is 38.5 Å². The Morgan fingerprint density at radius 2 is 2.23 bits per heavy atom. The van der Waals surface area contributed by atoms with Crippen molar-refractivity contribution in [3.8, 4) is 5.75 Å². The zero-order chi connectivity index (χ0) is 15.9. The standard InChI is InChI=1S/C17H27ClN2O2/c1-14-12-19(8-9-20(14)13-15(2)21)7-4-10-22-17-6-3-5-16(18)11-17/h3,5-6,11,14-15,21H,4,7-10,12-13H2,1-2H3/t14-,15-/m0/s1. The first-order valence-electron chi connectivity index (χ1n) is 8.07. The van der Waals surface area contributed by atoms with Crippen LogP contribution in [0.1, 0.15) is 20.3 Å². The van der Waals surface area contributed by atoms with Crippen molar-refractivity contribution in [1.29, 1.82) is 0 Å². The zero-order valence-corrected chi connectivity index (χ0v) is 14.3. The Hall–Kier alpha value is -0.810. The first kappa shape index (κ1) is 17.5. The van der Waals surface area contributed by atoms with E-state index in [-0.39, 0.29) is 6.10 Å². The summed E-state index contributed by atoms with van der Waals surface area (Å²) < 4.78 is 5.72. The molecule has 0 aliphatic carbocycles. The van der Waals surface area contributed by atoms with E-state index in [2.05, 4.69) is 16.7 Å². The van der Waals surface area contributed by atoms with Gasteiger partial charge in [0.2, 0.25) is 0 Å². The van der Waals surface area contributed by atoms with Crippen molar-refractivity contribution in [3.63, 3.8) is 0 Å². The lowest BCUT2D eigenvalue weighted by molar-refractivity contribution is 0.0435. The molecule has 0 bridgehead atoms. The normalized spacial score (nSPS) is 21.7. The number of nitrogens with zero attached hydrogens (tertiary/aromatic N) is 2. The van der Waals surface area contributed by atoms with Crippen LogP contribution in [-0.4, -0.2) is 66.4 Å². The lowest BCUT2D eigenvalue weighted by Crippen LogP contribution is -2.53. The molecule has 1 aliphatic heterocycles. The van der Waals surface area contributed by atoms with Crippen molar-refractivity contribution >= 4 is 11.6 Å². The molecule has 0 aromatic heterocycles. The molecule has 0 spiro atoms. The minimum absolute atomic E-state index is 0.250. The van der Waals surface area contributed by atoms with Gasteiger partial charge >= 0.3 is 0 Å². The summed E-state index contributed by atoms with van der Waals surface area (Å²) in [5.41, 5.74) is 0. The molecule has 0 saturated carbocycles. The van der Waals surface area contributed by atoms with Gasteiger partial charge in [0, 0.05) is 43.8 Å². The monoisotopic (exact) mass is 326 g/mol. The van der Waals surface area contributed by atoms with E-state index in [9.17, 15) is 5.11 Å². The van der Waals surface area contributed by atoms with E-state index in [0.29, 0.717) is 17.7 Å². The van der Waals surface area contributed by atoms with Gasteiger partial charge in [0.1, 0.15) is 5.75 Å². The van der Waals surface area contributed by atoms with Crippen molar-refractivity contribution in [2.45, 2.75) is 32.4 Å². The highest BCUT2D eigenvalue weighted by atomic mass is 35.5. The van der Waals surface area contributed by atoms with Crippen molar-refractivity contribution in [2.75, 3.05) is 39.3 Å². The van der Waals surface area contributed by atoms with E-state index in [0.717, 1.165) is 44.9 Å². The molecule has 2 atom stereocenters. The number of benzene rings is 1. The lowest BCUT2D eigenvalue weighted by atomic mass is 10.1. The molecule has 0 amide bonds. The summed E-state index contributed by atoms with van der Waals surface area (Å²) in [6.07, 6.45) is 0.760. The molecule has 0 unspecified atom stereocenters. The highest BCUT2D eigenvalue weighted by Gasteiger charge is 2.23. The fraction of sp³-hybridized carbons (Fsp3) is 0.647. The molecular weight excluding hydrogens is 300 g/mol. The Bertz CT molecular complexity index is 456. The predicted molar refractivity (Wildman–Crippen MR) is 90.7 cm³/mol. The average Bonchev–Trinajstić information content (AvgIpc) is 2.46. The number of aliphatic hydroxyl groups is 1. The number of aliphatic hydroxyl groups excluding tert-OH is 1. The van der Waals surface area contributed by atoms with Crippen LogP contribution in [0.2, 0.25) is 5.02 Å². The van der Waals surface area contributed by atoms with Gasteiger partial charge in [-0.15, -0.1) is 0 Å². The van der Waals surface area contributed by atoms with Crippen LogP contribution in [0.5, 0.6) is 5.75 Å². The third kappa shape index (κ3) is 5.76. The quantitative estimate of drug-likeness (QED) is 0.781. The maximum Gasteiger partial charge on any atom is 0.120 e. The van der Waals surface area contributed by atoms with Crippen LogP contribution < -0.4 is 4.74 Å². The van der Waals surface area contributed by atoms with Gasteiger partial charge in [-0.25, -0.2) is 0 Å². The fourth-order valence-corrected chi connectivity index (χ4v) is 3.10. The summed E-state index contributed by atoms with van der Waals surface area (Å²) in [5, 5.41) is 10.2. The van der Waals surface area contributed by atoms with Crippen molar-refractivity contribution < 1.29 is 9.84 Å². The summed E-state index contributed by atoms with van der Waals surface area (Å²) >= 11 is 5.93. The number of hydrogen-bond donors (Lipinski definition) is 1. The maximum atomic E-state index is 9.51. The van der Waals surface area contributed by atoms with Crippen LogP contribution in [0.3, 0.4) is 0 Å². The second-order valence-corrected chi connectivity index (χ2v) is 6.59. The first-order chi connectivity index (χ1) is 10.5. The molecule has 0 radical (unpaired) electrons. The topological polar surface area (TPSA) is 35.9 Å². The molecule has 5 heteroatoms. The van der Waals surface area contributed by atoms with Crippen LogP contribution in [0.4, 0.5) is 0 Å². The Balaban J connectivity index is 1.64. The van der Waals surface area contributed by atoms with E-state index in [1.807, 2.05) is 31.2 Å². The number of halogens is 1. The Morgan fingerprint density at radius 3 is 2.91 bits per heavy atom. The molecule has 1 saturated heterocycles. The minimum atomic E-state index is -0.250. The van der Waals surface area contributed by atoms with Gasteiger partial charge < -0.3 is 14.7 Å². The molecule has 22 heavy (non-hydrogen) atoms. The van der Waals surface area contributed by atoms with E-state index in [1.54, 1.807) is 0 Å². The summed E-state index contributed by atoms with van der Waals surface area (Å²) in [6, 6.07) is 8.03. The molecular formula is C17H27ClN2O2. The highest BCUT2D eigenvalue weighted by molar-refractivity contribution is 6.30. The molecule has 1 heterocycles. The Kier molecular flexibility index (Phi) is 6.96. The molecule has 1 aromatic rings. The number of piperazine rings is 1. The SMILES string of the molecule is C[C@H](O)CN1CCN(CCCOc2cccc(Cl)c2)C[C@@H]1C. The molecule has 2 rings (SSSR count). The average molecular weight is 327 g/mol. The van der Waals surface area contributed by atoms with Gasteiger partial charge in [0.15, 0.2) is 0 Å². The molecule has 124 valence electrons. The molecule has 1 aromatic carbocycles. The third-order valence-corrected chi connectivity index (χ3v) is 4.27. The second-order valence-electron chi connectivity index (χ2n) is 6.15. The number of rotatable bonds is 7. The second kappa shape index (κ2) is 8.73. The lowest BCUT2D eigenvalue weighted by Gasteiger charge is -2.40. The van der Waals surface area contributed by atoms with Crippen LogP contribution in [0, 0.1) is 0 Å². The summed E-state index contributed by atoms with van der Waals surface area (Å²) in [5.74, 6) is 0.836. The largest absolute Gasteiger partial charge is 0.493 e. The Labute approximate surface area is 138 Å². The minimum Gasteiger partial charge on any atom is -0.493 e. The van der Waals surface area contributed by atoms with Gasteiger partial charge in [0.25, 0.3) is 0 Å². The number of ether oxygens (including phenoxy) is 1. The van der Waals surface area contributed by atoms with E-state index in [1.165, 1.54) is 0 Å². The van der Waals surface area contributed by atoms with Crippen molar-refractivity contribution in [2.24, 2.45) is 0 Å². The van der Waals surface area contributed by atoms with Crippen molar-refractivity contribution in [3.05, 3.63) is 29.3 Å². The highest BCUT2D eigenvalue weighted by Crippen LogP contribution is 2.17. The summed E-state index contributed by atoms with van der Waals surface area (Å²) in [4.78, 5) is 4.84. The summed E-state index contributed by atoms with van der Waals surface area (Å²) in [6.45, 7) is 9.77. The van der Waals surface area contributed by atoms with Gasteiger partial charge in [-0.3, -0.25) is 4.90 Å². The van der Waals surface area contributed by atoms with Crippen LogP contribution in [-0.2, 0) is 0 Å². The predicted octanol–water partition coefficient (Wildman–Crippen LogP) is 2.50. The van der Waals surface area contributed by atoms with Crippen LogP contribution >= 0.6 is 11.6 Å². The Morgan fingerprint density at radius 1 is 1.41 bits per heavy atom. The van der Waals surface area contributed by atoms with Crippen molar-refractivity contribution in [1.82, 2.24) is 9.80 Å². The number of hydrogen-bond acceptors (Lipinski definition) is 4. The van der Waals surface area contributed by atoms with E-state index < -0.39 is 0 Å². The first-order valence-corrected chi connectivity index (χ1v) is 8.45. The molecule has 1 N–H and O–H groups in total. The molecule has 4 nitrogen and oxygen atoms in total. The van der Waals surface area contributed by atoms with Crippen LogP contribution in [0.15, 0.2) is 24.3 Å².